The van der Waals surface area contributed by atoms with Crippen molar-refractivity contribution in [3.05, 3.63) is 60.2 Å². The third-order valence-electron chi connectivity index (χ3n) is 6.90. The number of aromatic nitrogens is 2. The van der Waals surface area contributed by atoms with Gasteiger partial charge in [0.1, 0.15) is 11.6 Å². The number of piperazine rings is 1. The van der Waals surface area contributed by atoms with Crippen LogP contribution in [0.3, 0.4) is 0 Å². The minimum Gasteiger partial charge on any atom is -0.497 e. The first-order valence-electron chi connectivity index (χ1n) is 12.1. The van der Waals surface area contributed by atoms with E-state index in [1.165, 1.54) is 12.1 Å². The number of carbonyl (C=O) groups is 1. The van der Waals surface area contributed by atoms with Crippen molar-refractivity contribution in [2.75, 3.05) is 51.3 Å². The number of carbonyl (C=O) groups excluding carboxylic acids is 1. The Morgan fingerprint density at radius 2 is 1.69 bits per heavy atom. The zero-order valence-corrected chi connectivity index (χ0v) is 19.9. The lowest BCUT2D eigenvalue weighted by atomic mass is 9.95. The van der Waals surface area contributed by atoms with Crippen molar-refractivity contribution in [1.29, 1.82) is 0 Å². The minimum absolute atomic E-state index is 0.0660. The molecule has 3 aromatic rings. The number of likely N-dealkylation sites (tertiary alicyclic amines) is 1. The smallest absolute Gasteiger partial charge is 0.241 e. The van der Waals surface area contributed by atoms with Crippen molar-refractivity contribution >= 4 is 11.6 Å². The fraction of sp³-hybridized carbons (Fsp3) is 0.423. The van der Waals surface area contributed by atoms with Gasteiger partial charge < -0.3 is 19.1 Å². The number of rotatable bonds is 6. The molecule has 0 aliphatic carbocycles. The van der Waals surface area contributed by atoms with Crippen LogP contribution in [0.15, 0.2) is 53.1 Å². The highest BCUT2D eigenvalue weighted by molar-refractivity contribution is 5.79. The molecule has 0 spiro atoms. The van der Waals surface area contributed by atoms with Gasteiger partial charge in [-0.25, -0.2) is 4.39 Å². The van der Waals surface area contributed by atoms with E-state index in [0.717, 1.165) is 69.1 Å². The van der Waals surface area contributed by atoms with E-state index in [1.54, 1.807) is 19.2 Å². The van der Waals surface area contributed by atoms with E-state index in [-0.39, 0.29) is 17.6 Å². The van der Waals surface area contributed by atoms with Crippen molar-refractivity contribution in [3.8, 4) is 17.1 Å². The SMILES string of the molecule is COc1ccc(N2CCN(C(=O)C3CCN(Cc4nc(-c5ccc(F)cc5)no4)CC3)CC2)cc1. The summed E-state index contributed by atoms with van der Waals surface area (Å²) in [6.45, 7) is 5.36. The number of hydrogen-bond acceptors (Lipinski definition) is 7. The molecule has 5 rings (SSSR count). The third-order valence-corrected chi connectivity index (χ3v) is 6.90. The maximum atomic E-state index is 13.1. The summed E-state index contributed by atoms with van der Waals surface area (Å²) < 4.78 is 23.8. The lowest BCUT2D eigenvalue weighted by Gasteiger charge is -2.39. The van der Waals surface area contributed by atoms with Crippen LogP contribution in [-0.4, -0.2) is 72.2 Å². The lowest BCUT2D eigenvalue weighted by molar-refractivity contribution is -0.137. The maximum absolute atomic E-state index is 13.1. The largest absolute Gasteiger partial charge is 0.497 e. The first kappa shape index (κ1) is 23.3. The standard InChI is InChI=1S/C26H30FN5O3/c1-34-23-8-6-22(7-9-23)31-14-16-32(17-15-31)26(33)20-10-12-30(13-11-20)18-24-28-25(29-35-24)19-2-4-21(27)5-3-19/h2-9,20H,10-18H2,1H3. The van der Waals surface area contributed by atoms with Gasteiger partial charge in [-0.05, 0) is 74.5 Å². The van der Waals surface area contributed by atoms with Crippen LogP contribution < -0.4 is 9.64 Å². The van der Waals surface area contributed by atoms with Crippen LogP contribution in [0.5, 0.6) is 5.75 Å². The second-order valence-electron chi connectivity index (χ2n) is 9.08. The summed E-state index contributed by atoms with van der Waals surface area (Å²) in [6, 6.07) is 14.1. The predicted octanol–water partition coefficient (Wildman–Crippen LogP) is 3.45. The number of benzene rings is 2. The highest BCUT2D eigenvalue weighted by Gasteiger charge is 2.31. The Labute approximate surface area is 204 Å². The molecule has 2 aromatic carbocycles. The number of nitrogens with zero attached hydrogens (tertiary/aromatic N) is 5. The Bertz CT molecular complexity index is 1120. The lowest BCUT2D eigenvalue weighted by Crippen LogP contribution is -2.51. The summed E-state index contributed by atoms with van der Waals surface area (Å²) in [7, 11) is 1.67. The Morgan fingerprint density at radius 3 is 2.34 bits per heavy atom. The number of amides is 1. The number of ether oxygens (including phenoxy) is 1. The summed E-state index contributed by atoms with van der Waals surface area (Å²) in [5.74, 6) is 1.88. The molecule has 0 radical (unpaired) electrons. The Hall–Kier alpha value is -3.46. The van der Waals surface area contributed by atoms with Crippen LogP contribution in [0.25, 0.3) is 11.4 Å². The molecule has 2 fully saturated rings. The highest BCUT2D eigenvalue weighted by Crippen LogP contribution is 2.25. The van der Waals surface area contributed by atoms with Crippen LogP contribution in [-0.2, 0) is 11.3 Å². The molecule has 1 aromatic heterocycles. The van der Waals surface area contributed by atoms with Crippen molar-refractivity contribution in [3.63, 3.8) is 0 Å². The average molecular weight is 480 g/mol. The molecule has 2 aliphatic heterocycles. The monoisotopic (exact) mass is 479 g/mol. The normalized spacial score (nSPS) is 17.5. The molecule has 0 saturated carbocycles. The van der Waals surface area contributed by atoms with Crippen molar-refractivity contribution in [2.45, 2.75) is 19.4 Å². The predicted molar refractivity (Wildman–Crippen MR) is 129 cm³/mol. The second kappa shape index (κ2) is 10.4. The van der Waals surface area contributed by atoms with Crippen LogP contribution in [0.2, 0.25) is 0 Å². The summed E-state index contributed by atoms with van der Waals surface area (Å²) >= 11 is 0. The Balaban J connectivity index is 1.08. The summed E-state index contributed by atoms with van der Waals surface area (Å²) in [6.07, 6.45) is 1.66. The molecule has 0 atom stereocenters. The highest BCUT2D eigenvalue weighted by atomic mass is 19.1. The van der Waals surface area contributed by atoms with Gasteiger partial charge in [0.2, 0.25) is 17.6 Å². The molecule has 0 unspecified atom stereocenters. The molecular weight excluding hydrogens is 449 g/mol. The zero-order chi connectivity index (χ0) is 24.2. The van der Waals surface area contributed by atoms with Crippen LogP contribution in [0.1, 0.15) is 18.7 Å². The molecule has 184 valence electrons. The molecular formula is C26H30FN5O3. The van der Waals surface area contributed by atoms with Crippen LogP contribution in [0.4, 0.5) is 10.1 Å². The third kappa shape index (κ3) is 5.45. The quantitative estimate of drug-likeness (QED) is 0.536. The first-order chi connectivity index (χ1) is 17.1. The van der Waals surface area contributed by atoms with Gasteiger partial charge in [0.15, 0.2) is 0 Å². The first-order valence-corrected chi connectivity index (χ1v) is 12.1. The van der Waals surface area contributed by atoms with E-state index in [9.17, 15) is 9.18 Å². The van der Waals surface area contributed by atoms with Crippen molar-refractivity contribution < 1.29 is 18.4 Å². The summed E-state index contributed by atoms with van der Waals surface area (Å²) in [5, 5.41) is 4.02. The molecule has 2 saturated heterocycles. The van der Waals surface area contributed by atoms with Gasteiger partial charge in [-0.15, -0.1) is 0 Å². The Morgan fingerprint density at radius 1 is 1.00 bits per heavy atom. The molecule has 3 heterocycles. The van der Waals surface area contributed by atoms with Crippen molar-refractivity contribution in [1.82, 2.24) is 19.9 Å². The van der Waals surface area contributed by atoms with Gasteiger partial charge in [0.25, 0.3) is 0 Å². The zero-order valence-electron chi connectivity index (χ0n) is 19.9. The van der Waals surface area contributed by atoms with Gasteiger partial charge >= 0.3 is 0 Å². The minimum atomic E-state index is -0.297. The fourth-order valence-corrected chi connectivity index (χ4v) is 4.80. The van der Waals surface area contributed by atoms with Gasteiger partial charge in [0.05, 0.1) is 13.7 Å². The summed E-state index contributed by atoms with van der Waals surface area (Å²) in [5.41, 5.74) is 1.88. The molecule has 2 aliphatic rings. The molecule has 35 heavy (non-hydrogen) atoms. The Kier molecular flexibility index (Phi) is 6.94. The fourth-order valence-electron chi connectivity index (χ4n) is 4.80. The van der Waals surface area contributed by atoms with E-state index in [0.29, 0.717) is 18.3 Å². The maximum Gasteiger partial charge on any atom is 0.241 e. The van der Waals surface area contributed by atoms with E-state index in [2.05, 4.69) is 32.1 Å². The van der Waals surface area contributed by atoms with Gasteiger partial charge in [-0.2, -0.15) is 4.98 Å². The van der Waals surface area contributed by atoms with E-state index >= 15 is 0 Å². The van der Waals surface area contributed by atoms with Gasteiger partial charge in [-0.3, -0.25) is 9.69 Å². The number of halogens is 1. The van der Waals surface area contributed by atoms with Gasteiger partial charge in [0, 0.05) is 43.3 Å². The topological polar surface area (TPSA) is 74.9 Å². The number of hydrogen-bond donors (Lipinski definition) is 0. The summed E-state index contributed by atoms with van der Waals surface area (Å²) in [4.78, 5) is 24.2. The number of methoxy groups -OCH3 is 1. The molecule has 0 bridgehead atoms. The molecule has 0 N–H and O–H groups in total. The van der Waals surface area contributed by atoms with Crippen LogP contribution >= 0.6 is 0 Å². The molecule has 9 heteroatoms. The second-order valence-corrected chi connectivity index (χ2v) is 9.08. The van der Waals surface area contributed by atoms with Gasteiger partial charge in [-0.1, -0.05) is 5.16 Å². The molecule has 8 nitrogen and oxygen atoms in total. The van der Waals surface area contributed by atoms with E-state index in [1.807, 2.05) is 17.0 Å². The number of piperidine rings is 1. The molecule has 1 amide bonds. The van der Waals surface area contributed by atoms with Crippen molar-refractivity contribution in [2.24, 2.45) is 5.92 Å². The van der Waals surface area contributed by atoms with E-state index in [4.69, 9.17) is 9.26 Å². The van der Waals surface area contributed by atoms with E-state index < -0.39 is 0 Å². The number of anilines is 1. The average Bonchev–Trinajstić information content (AvgIpc) is 3.38. The van der Waals surface area contributed by atoms with Crippen LogP contribution in [0, 0.1) is 11.7 Å².